The molecule has 0 spiro atoms. The number of benzene rings is 2. The van der Waals surface area contributed by atoms with Crippen LogP contribution in [-0.4, -0.2) is 34.7 Å². The Kier molecular flexibility index (Phi) is 5.34. The van der Waals surface area contributed by atoms with Gasteiger partial charge in [0.05, 0.1) is 34.0 Å². The molecule has 0 heterocycles. The highest BCUT2D eigenvalue weighted by molar-refractivity contribution is 6.31. The zero-order valence-corrected chi connectivity index (χ0v) is 14.1. The van der Waals surface area contributed by atoms with Gasteiger partial charge in [0.15, 0.2) is 17.8 Å². The summed E-state index contributed by atoms with van der Waals surface area (Å²) in [5.41, 5.74) is 1.56. The Morgan fingerprint density at radius 1 is 0.826 bits per heavy atom. The van der Waals surface area contributed by atoms with Crippen molar-refractivity contribution in [3.05, 3.63) is 34.9 Å². The lowest BCUT2D eigenvalue weighted by Crippen LogP contribution is -2.01. The minimum absolute atomic E-state index is 0.291. The van der Waals surface area contributed by atoms with Gasteiger partial charge in [-0.3, -0.25) is 4.79 Å². The third-order valence-electron chi connectivity index (χ3n) is 3.44. The van der Waals surface area contributed by atoms with Crippen LogP contribution in [0.2, 0.25) is 5.02 Å². The molecule has 0 aliphatic rings. The van der Waals surface area contributed by atoms with Crippen molar-refractivity contribution in [1.82, 2.24) is 0 Å². The minimum atomic E-state index is 0.291. The highest BCUT2D eigenvalue weighted by atomic mass is 35.5. The lowest BCUT2D eigenvalue weighted by atomic mass is 9.97. The van der Waals surface area contributed by atoms with Gasteiger partial charge in [0.2, 0.25) is 5.75 Å². The average molecular weight is 337 g/mol. The van der Waals surface area contributed by atoms with Crippen LogP contribution in [0, 0.1) is 0 Å². The molecule has 0 bridgehead atoms. The molecule has 6 heteroatoms. The van der Waals surface area contributed by atoms with Gasteiger partial charge in [0, 0.05) is 16.1 Å². The van der Waals surface area contributed by atoms with Crippen LogP contribution < -0.4 is 18.9 Å². The Balaban J connectivity index is 2.87. The molecule has 0 N–H and O–H groups in total. The van der Waals surface area contributed by atoms with E-state index in [1.54, 1.807) is 31.4 Å². The quantitative estimate of drug-likeness (QED) is 0.750. The molecule has 0 unspecified atom stereocenters. The zero-order valence-electron chi connectivity index (χ0n) is 13.3. The molecule has 2 aromatic carbocycles. The zero-order chi connectivity index (χ0) is 17.0. The average Bonchev–Trinajstić information content (AvgIpc) is 2.59. The van der Waals surface area contributed by atoms with E-state index in [1.807, 2.05) is 0 Å². The van der Waals surface area contributed by atoms with Gasteiger partial charge in [-0.05, 0) is 24.3 Å². The molecule has 0 fully saturated rings. The molecule has 2 rings (SSSR count). The molecular weight excluding hydrogens is 320 g/mol. The second kappa shape index (κ2) is 7.24. The van der Waals surface area contributed by atoms with E-state index < -0.39 is 0 Å². The third-order valence-corrected chi connectivity index (χ3v) is 3.67. The topological polar surface area (TPSA) is 54.0 Å². The Morgan fingerprint density at radius 3 is 2.00 bits per heavy atom. The Bertz CT molecular complexity index is 727. The van der Waals surface area contributed by atoms with Crippen molar-refractivity contribution in [1.29, 1.82) is 0 Å². The number of hydrogen-bond donors (Lipinski definition) is 0. The number of hydrogen-bond acceptors (Lipinski definition) is 5. The van der Waals surface area contributed by atoms with Crippen LogP contribution in [0.3, 0.4) is 0 Å². The van der Waals surface area contributed by atoms with Gasteiger partial charge < -0.3 is 18.9 Å². The monoisotopic (exact) mass is 336 g/mol. The number of aldehydes is 1. The van der Waals surface area contributed by atoms with E-state index in [-0.39, 0.29) is 0 Å². The van der Waals surface area contributed by atoms with E-state index in [0.29, 0.717) is 51.0 Å². The molecule has 122 valence electrons. The van der Waals surface area contributed by atoms with Crippen LogP contribution in [0.4, 0.5) is 0 Å². The van der Waals surface area contributed by atoms with Crippen molar-refractivity contribution in [2.24, 2.45) is 0 Å². The van der Waals surface area contributed by atoms with Crippen molar-refractivity contribution in [3.8, 4) is 34.1 Å². The van der Waals surface area contributed by atoms with E-state index in [0.717, 1.165) is 0 Å². The lowest BCUT2D eigenvalue weighted by Gasteiger charge is -2.18. The van der Waals surface area contributed by atoms with Crippen LogP contribution in [0.25, 0.3) is 11.1 Å². The van der Waals surface area contributed by atoms with Crippen LogP contribution in [0.15, 0.2) is 24.3 Å². The molecule has 0 aliphatic heterocycles. The van der Waals surface area contributed by atoms with Gasteiger partial charge in [0.1, 0.15) is 5.75 Å². The summed E-state index contributed by atoms with van der Waals surface area (Å²) >= 11 is 6.09. The summed E-state index contributed by atoms with van der Waals surface area (Å²) in [6.07, 6.45) is 0.705. The van der Waals surface area contributed by atoms with Crippen molar-refractivity contribution >= 4 is 17.9 Å². The fourth-order valence-corrected chi connectivity index (χ4v) is 2.58. The molecule has 5 nitrogen and oxygen atoms in total. The fourth-order valence-electron chi connectivity index (χ4n) is 2.41. The SMILES string of the molecule is COc1ccc(Cl)cc1-c1cc(OC)c(OC)c(OC)c1C=O. The maximum Gasteiger partial charge on any atom is 0.204 e. The van der Waals surface area contributed by atoms with Crippen molar-refractivity contribution in [3.63, 3.8) is 0 Å². The van der Waals surface area contributed by atoms with Gasteiger partial charge in [-0.2, -0.15) is 0 Å². The van der Waals surface area contributed by atoms with E-state index in [9.17, 15) is 4.79 Å². The smallest absolute Gasteiger partial charge is 0.204 e. The van der Waals surface area contributed by atoms with Gasteiger partial charge >= 0.3 is 0 Å². The second-order valence-electron chi connectivity index (χ2n) is 4.57. The number of methoxy groups -OCH3 is 4. The molecule has 2 aromatic rings. The van der Waals surface area contributed by atoms with E-state index >= 15 is 0 Å². The summed E-state index contributed by atoms with van der Waals surface area (Å²) in [5.74, 6) is 1.65. The van der Waals surface area contributed by atoms with Crippen LogP contribution in [-0.2, 0) is 0 Å². The highest BCUT2D eigenvalue weighted by Crippen LogP contribution is 2.46. The highest BCUT2D eigenvalue weighted by Gasteiger charge is 2.23. The summed E-state index contributed by atoms with van der Waals surface area (Å²) in [6, 6.07) is 6.85. The minimum Gasteiger partial charge on any atom is -0.496 e. The number of ether oxygens (including phenoxy) is 4. The lowest BCUT2D eigenvalue weighted by molar-refractivity contribution is 0.112. The Labute approximate surface area is 139 Å². The van der Waals surface area contributed by atoms with Gasteiger partial charge in [-0.25, -0.2) is 0 Å². The first kappa shape index (κ1) is 17.0. The first-order chi connectivity index (χ1) is 11.1. The van der Waals surface area contributed by atoms with Crippen LogP contribution >= 0.6 is 11.6 Å². The van der Waals surface area contributed by atoms with Gasteiger partial charge in [-0.15, -0.1) is 0 Å². The fraction of sp³-hybridized carbons (Fsp3) is 0.235. The van der Waals surface area contributed by atoms with E-state index in [2.05, 4.69) is 0 Å². The first-order valence-corrected chi connectivity index (χ1v) is 7.11. The second-order valence-corrected chi connectivity index (χ2v) is 5.01. The number of rotatable bonds is 6. The summed E-state index contributed by atoms with van der Waals surface area (Å²) in [4.78, 5) is 11.7. The molecule has 0 atom stereocenters. The Morgan fingerprint density at radius 2 is 1.48 bits per heavy atom. The maximum atomic E-state index is 11.7. The van der Waals surface area contributed by atoms with Crippen LogP contribution in [0.5, 0.6) is 23.0 Å². The number of carbonyl (C=O) groups excluding carboxylic acids is 1. The summed E-state index contributed by atoms with van der Waals surface area (Å²) in [7, 11) is 6.00. The van der Waals surface area contributed by atoms with E-state index in [1.165, 1.54) is 21.3 Å². The van der Waals surface area contributed by atoms with Gasteiger partial charge in [-0.1, -0.05) is 11.6 Å². The molecule has 0 saturated carbocycles. The summed E-state index contributed by atoms with van der Waals surface area (Å²) in [5, 5.41) is 0.520. The molecule has 0 aromatic heterocycles. The normalized spacial score (nSPS) is 10.1. The molecule has 0 saturated heterocycles. The van der Waals surface area contributed by atoms with Crippen LogP contribution in [0.1, 0.15) is 10.4 Å². The molecule has 23 heavy (non-hydrogen) atoms. The first-order valence-electron chi connectivity index (χ1n) is 6.73. The van der Waals surface area contributed by atoms with Gasteiger partial charge in [0.25, 0.3) is 0 Å². The molecule has 0 amide bonds. The maximum absolute atomic E-state index is 11.7. The van der Waals surface area contributed by atoms with Crippen molar-refractivity contribution in [2.75, 3.05) is 28.4 Å². The predicted octanol–water partition coefficient (Wildman–Crippen LogP) is 3.85. The summed E-state index contributed by atoms with van der Waals surface area (Å²) < 4.78 is 21.4. The standard InChI is InChI=1S/C17H17ClO5/c1-20-14-6-5-10(18)7-12(14)11-8-15(21-2)17(23-4)16(22-3)13(11)9-19/h5-9H,1-4H3. The number of carbonyl (C=O) groups is 1. The number of halogens is 1. The largest absolute Gasteiger partial charge is 0.496 e. The summed E-state index contributed by atoms with van der Waals surface area (Å²) in [6.45, 7) is 0. The van der Waals surface area contributed by atoms with E-state index in [4.69, 9.17) is 30.5 Å². The molecular formula is C17H17ClO5. The predicted molar refractivity (Wildman–Crippen MR) is 88.5 cm³/mol. The molecule has 0 aliphatic carbocycles. The van der Waals surface area contributed by atoms with Crippen molar-refractivity contribution < 1.29 is 23.7 Å². The Hall–Kier alpha value is -2.40. The van der Waals surface area contributed by atoms with Crippen molar-refractivity contribution in [2.45, 2.75) is 0 Å². The third kappa shape index (κ3) is 3.05. The molecule has 0 radical (unpaired) electrons.